The molecule has 0 bridgehead atoms. The Morgan fingerprint density at radius 3 is 1.93 bits per heavy atom. The van der Waals surface area contributed by atoms with Crippen molar-refractivity contribution in [1.82, 2.24) is 0 Å². The van der Waals surface area contributed by atoms with Crippen molar-refractivity contribution in [1.29, 1.82) is 0 Å². The predicted octanol–water partition coefficient (Wildman–Crippen LogP) is -2.43. The summed E-state index contributed by atoms with van der Waals surface area (Å²) in [4.78, 5) is 2.89. The van der Waals surface area contributed by atoms with E-state index < -0.39 is 0 Å². The van der Waals surface area contributed by atoms with Gasteiger partial charge in [-0.2, -0.15) is 4.57 Å². The van der Waals surface area contributed by atoms with Crippen LogP contribution in [-0.2, 0) is 7.05 Å². The molecule has 0 atom stereocenters. The van der Waals surface area contributed by atoms with Crippen molar-refractivity contribution >= 4 is 10.9 Å². The summed E-state index contributed by atoms with van der Waals surface area (Å²) in [5.74, 6) is 6.43. The number of pyridine rings is 2. The molecule has 0 aliphatic heterocycles. The number of hydrogen-bond acceptors (Lipinski definition) is 0. The van der Waals surface area contributed by atoms with Crippen LogP contribution in [0.4, 0.5) is 0 Å². The number of nitrogens with one attached hydrogen (secondary N) is 1. The summed E-state index contributed by atoms with van der Waals surface area (Å²) in [6, 6.07) is 28.4. The summed E-state index contributed by atoms with van der Waals surface area (Å²) in [5.41, 5.74) is 3.25. The van der Waals surface area contributed by atoms with E-state index in [2.05, 4.69) is 64.8 Å². The molecular formula is C23H20Br2N2. The highest BCUT2D eigenvalue weighted by atomic mass is 79.9. The lowest BCUT2D eigenvalue weighted by Crippen LogP contribution is -3.00. The zero-order valence-electron chi connectivity index (χ0n) is 14.9. The second kappa shape index (κ2) is 12.0. The Hall–Kier alpha value is -2.48. The minimum Gasteiger partial charge on any atom is -1.00 e. The minimum absolute atomic E-state index is 0. The highest BCUT2D eigenvalue weighted by molar-refractivity contribution is 5.75. The van der Waals surface area contributed by atoms with Gasteiger partial charge in [0.25, 0.3) is 5.69 Å². The van der Waals surface area contributed by atoms with E-state index in [1.54, 1.807) is 0 Å². The van der Waals surface area contributed by atoms with Crippen LogP contribution in [-0.4, -0.2) is 0 Å². The van der Waals surface area contributed by atoms with Crippen LogP contribution in [0.1, 0.15) is 11.3 Å². The highest BCUT2D eigenvalue weighted by Gasteiger charge is 2.08. The lowest BCUT2D eigenvalue weighted by Gasteiger charge is -1.97. The maximum atomic E-state index is 3.23. The Morgan fingerprint density at radius 2 is 1.30 bits per heavy atom. The number of halogens is 2. The molecule has 4 rings (SSSR count). The standard InChI is InChI=1S/C18H14N.C5H5N.2BrH/c1-19-17(13-11-15-7-3-2-4-8-15)14-12-16-9-5-6-10-18(16)19;1-2-4-6-5-3-1;;/h2-10,12,14H,1H3;1-5H;2*1H/q+1;;;/p-1. The van der Waals surface area contributed by atoms with Crippen LogP contribution in [0.15, 0.2) is 97.3 Å². The van der Waals surface area contributed by atoms with Gasteiger partial charge in [-0.25, -0.2) is 4.98 Å². The smallest absolute Gasteiger partial charge is 0.257 e. The molecule has 0 spiro atoms. The molecule has 4 heteroatoms. The molecular weight excluding hydrogens is 464 g/mol. The fourth-order valence-electron chi connectivity index (χ4n) is 2.47. The first-order valence-electron chi connectivity index (χ1n) is 8.20. The van der Waals surface area contributed by atoms with Gasteiger partial charge in [0.05, 0.1) is 0 Å². The summed E-state index contributed by atoms with van der Waals surface area (Å²) in [5, 5.41) is 1.23. The Balaban J connectivity index is 0.000000393. The third kappa shape index (κ3) is 6.63. The van der Waals surface area contributed by atoms with Crippen molar-refractivity contribution in [3.63, 3.8) is 0 Å². The molecule has 2 nitrogen and oxygen atoms in total. The van der Waals surface area contributed by atoms with Crippen LogP contribution < -0.4 is 43.5 Å². The van der Waals surface area contributed by atoms with Crippen LogP contribution >= 0.6 is 0 Å². The van der Waals surface area contributed by atoms with Crippen LogP contribution in [0.2, 0.25) is 0 Å². The number of rotatable bonds is 0. The van der Waals surface area contributed by atoms with Gasteiger partial charge in [-0.1, -0.05) is 42.3 Å². The summed E-state index contributed by atoms with van der Waals surface area (Å²) >= 11 is 0. The number of nitrogens with zero attached hydrogens (tertiary/aromatic N) is 1. The van der Waals surface area contributed by atoms with Gasteiger partial charge in [0.15, 0.2) is 12.4 Å². The Morgan fingerprint density at radius 1 is 0.667 bits per heavy atom. The van der Waals surface area contributed by atoms with E-state index in [0.29, 0.717) is 0 Å². The van der Waals surface area contributed by atoms with Crippen LogP contribution in [0.3, 0.4) is 0 Å². The number of para-hydroxylation sites is 1. The molecule has 0 aliphatic carbocycles. The molecule has 2 heterocycles. The summed E-state index contributed by atoms with van der Waals surface area (Å²) in [7, 11) is 2.05. The maximum absolute atomic E-state index is 3.23. The molecule has 1 N–H and O–H groups in total. The van der Waals surface area contributed by atoms with Crippen molar-refractivity contribution in [2.45, 2.75) is 0 Å². The second-order valence-corrected chi connectivity index (χ2v) is 5.53. The monoisotopic (exact) mass is 482 g/mol. The Bertz CT molecular complexity index is 981. The Kier molecular flexibility index (Phi) is 10.0. The molecule has 4 aromatic rings. The molecule has 136 valence electrons. The second-order valence-electron chi connectivity index (χ2n) is 5.53. The SMILES string of the molecule is C[n+]1c(C#Cc2ccccc2)ccc2ccccc21.[Br-].[Br-].c1cc[nH+]cc1. The number of aryl methyl sites for hydroxylation is 1. The molecule has 0 saturated heterocycles. The zero-order chi connectivity index (χ0) is 17.3. The molecule has 27 heavy (non-hydrogen) atoms. The van der Waals surface area contributed by atoms with Crippen molar-refractivity contribution in [2.75, 3.05) is 0 Å². The number of aromatic nitrogens is 2. The van der Waals surface area contributed by atoms with Gasteiger partial charge in [0.2, 0.25) is 5.52 Å². The van der Waals surface area contributed by atoms with Crippen molar-refractivity contribution in [2.24, 2.45) is 7.05 Å². The van der Waals surface area contributed by atoms with Gasteiger partial charge in [-0.05, 0) is 24.3 Å². The molecule has 0 fully saturated rings. The van der Waals surface area contributed by atoms with Gasteiger partial charge in [-0.3, -0.25) is 0 Å². The number of H-pyrrole nitrogens is 1. The lowest BCUT2D eigenvalue weighted by molar-refractivity contribution is -0.647. The summed E-state index contributed by atoms with van der Waals surface area (Å²) < 4.78 is 2.13. The van der Waals surface area contributed by atoms with E-state index in [4.69, 9.17) is 0 Å². The fraction of sp³-hybridized carbons (Fsp3) is 0.0435. The van der Waals surface area contributed by atoms with Crippen LogP contribution in [0.5, 0.6) is 0 Å². The highest BCUT2D eigenvalue weighted by Crippen LogP contribution is 2.09. The van der Waals surface area contributed by atoms with Crippen LogP contribution in [0.25, 0.3) is 10.9 Å². The van der Waals surface area contributed by atoms with E-state index in [1.807, 2.05) is 60.9 Å². The minimum atomic E-state index is 0. The largest absolute Gasteiger partial charge is 1.00 e. The molecule has 0 radical (unpaired) electrons. The number of aromatic amines is 1. The average molecular weight is 484 g/mol. The molecule has 0 saturated carbocycles. The van der Waals surface area contributed by atoms with Gasteiger partial charge in [0.1, 0.15) is 7.05 Å². The topological polar surface area (TPSA) is 18.0 Å². The number of benzene rings is 2. The van der Waals surface area contributed by atoms with E-state index in [-0.39, 0.29) is 34.0 Å². The van der Waals surface area contributed by atoms with Crippen LogP contribution in [0, 0.1) is 11.8 Å². The van der Waals surface area contributed by atoms with Crippen molar-refractivity contribution in [3.8, 4) is 11.8 Å². The number of hydrogen-bond donors (Lipinski definition) is 0. The van der Waals surface area contributed by atoms with Gasteiger partial charge < -0.3 is 34.0 Å². The molecule has 0 aliphatic rings. The van der Waals surface area contributed by atoms with Gasteiger partial charge >= 0.3 is 0 Å². The van der Waals surface area contributed by atoms with E-state index in [0.717, 1.165) is 11.3 Å². The van der Waals surface area contributed by atoms with E-state index in [1.165, 1.54) is 10.9 Å². The van der Waals surface area contributed by atoms with E-state index in [9.17, 15) is 0 Å². The quantitative estimate of drug-likeness (QED) is 0.196. The van der Waals surface area contributed by atoms with Crippen molar-refractivity contribution < 1.29 is 43.5 Å². The molecule has 2 aromatic heterocycles. The first-order valence-corrected chi connectivity index (χ1v) is 8.20. The zero-order valence-corrected chi connectivity index (χ0v) is 18.1. The van der Waals surface area contributed by atoms with Gasteiger partial charge in [0, 0.05) is 41.1 Å². The third-order valence-electron chi connectivity index (χ3n) is 3.80. The normalized spacial score (nSPS) is 8.78. The van der Waals surface area contributed by atoms with Gasteiger partial charge in [-0.15, -0.1) is 0 Å². The summed E-state index contributed by atoms with van der Waals surface area (Å²) in [6.07, 6.45) is 3.75. The Labute approximate surface area is 181 Å². The summed E-state index contributed by atoms with van der Waals surface area (Å²) in [6.45, 7) is 0. The molecule has 0 amide bonds. The third-order valence-corrected chi connectivity index (χ3v) is 3.80. The predicted molar refractivity (Wildman–Crippen MR) is 101 cm³/mol. The van der Waals surface area contributed by atoms with Crippen molar-refractivity contribution in [3.05, 3.63) is 109 Å². The maximum Gasteiger partial charge on any atom is 0.257 e. The fourth-order valence-corrected chi connectivity index (χ4v) is 2.47. The number of fused-ring (bicyclic) bond motifs is 1. The molecule has 0 unspecified atom stereocenters. The van der Waals surface area contributed by atoms with E-state index >= 15 is 0 Å². The first-order chi connectivity index (χ1) is 12.3. The lowest BCUT2D eigenvalue weighted by atomic mass is 10.2. The molecule has 2 aromatic carbocycles. The average Bonchev–Trinajstić information content (AvgIpc) is 2.70. The first kappa shape index (κ1) is 22.6.